The van der Waals surface area contributed by atoms with Gasteiger partial charge in [0.2, 0.25) is 0 Å². The molecule has 0 aromatic carbocycles. The fraction of sp³-hybridized carbons (Fsp3) is 0.667. The number of aryl methyl sites for hydroxylation is 1. The first-order chi connectivity index (χ1) is 9.74. The first-order valence-electron chi connectivity index (χ1n) is 7.43. The van der Waals surface area contributed by atoms with Crippen LogP contribution in [0.15, 0.2) is 18.3 Å². The number of hydrogen-bond acceptors (Lipinski definition) is 4. The first-order valence-corrected chi connectivity index (χ1v) is 7.43. The minimum absolute atomic E-state index is 0.222. The number of ether oxygens (including phenoxy) is 1. The number of morpholine rings is 1. The van der Waals surface area contributed by atoms with Crippen LogP contribution in [0.4, 0.5) is 0 Å². The van der Waals surface area contributed by atoms with E-state index >= 15 is 0 Å². The largest absolute Gasteiger partial charge is 0.379 e. The van der Waals surface area contributed by atoms with Crippen LogP contribution in [0.3, 0.4) is 0 Å². The maximum Gasteiger partial charge on any atom is 0.193 e. The Labute approximate surface area is 120 Å². The molecule has 5 heteroatoms. The maximum absolute atomic E-state index is 12.3. The van der Waals surface area contributed by atoms with Gasteiger partial charge in [-0.15, -0.1) is 0 Å². The zero-order valence-corrected chi connectivity index (χ0v) is 12.1. The van der Waals surface area contributed by atoms with E-state index in [1.807, 2.05) is 29.9 Å². The van der Waals surface area contributed by atoms with Gasteiger partial charge >= 0.3 is 0 Å². The molecule has 20 heavy (non-hydrogen) atoms. The van der Waals surface area contributed by atoms with Crippen LogP contribution in [0.1, 0.15) is 16.9 Å². The lowest BCUT2D eigenvalue weighted by Gasteiger charge is -2.32. The van der Waals surface area contributed by atoms with Crippen LogP contribution in [-0.2, 0) is 11.8 Å². The first kappa shape index (κ1) is 13.8. The highest BCUT2D eigenvalue weighted by Crippen LogP contribution is 2.17. The molecule has 0 saturated carbocycles. The Bertz CT molecular complexity index is 465. The van der Waals surface area contributed by atoms with E-state index in [1.165, 1.54) is 6.42 Å². The summed E-state index contributed by atoms with van der Waals surface area (Å²) >= 11 is 0. The molecule has 3 rings (SSSR count). The van der Waals surface area contributed by atoms with E-state index in [9.17, 15) is 4.79 Å². The fourth-order valence-electron chi connectivity index (χ4n) is 3.23. The molecule has 1 atom stereocenters. The third-order valence-electron chi connectivity index (χ3n) is 4.41. The van der Waals surface area contributed by atoms with E-state index in [0.29, 0.717) is 12.6 Å². The van der Waals surface area contributed by atoms with Crippen LogP contribution >= 0.6 is 0 Å². The van der Waals surface area contributed by atoms with Gasteiger partial charge in [-0.05, 0) is 18.6 Å². The molecule has 2 saturated heterocycles. The van der Waals surface area contributed by atoms with E-state index in [1.54, 1.807) is 0 Å². The molecule has 2 aliphatic heterocycles. The van der Waals surface area contributed by atoms with E-state index in [4.69, 9.17) is 4.74 Å². The van der Waals surface area contributed by atoms with Crippen LogP contribution in [0.2, 0.25) is 0 Å². The topological polar surface area (TPSA) is 37.7 Å². The van der Waals surface area contributed by atoms with Gasteiger partial charge in [0.25, 0.3) is 0 Å². The summed E-state index contributed by atoms with van der Waals surface area (Å²) in [5, 5.41) is 0. The summed E-state index contributed by atoms with van der Waals surface area (Å²) in [5.74, 6) is 0.222. The molecular formula is C15H23N3O2. The monoisotopic (exact) mass is 277 g/mol. The molecule has 0 aliphatic carbocycles. The van der Waals surface area contributed by atoms with Gasteiger partial charge in [0.15, 0.2) is 5.78 Å². The number of aromatic nitrogens is 1. The molecule has 0 bridgehead atoms. The number of likely N-dealkylation sites (tertiary alicyclic amines) is 1. The Kier molecular flexibility index (Phi) is 4.19. The van der Waals surface area contributed by atoms with Crippen LogP contribution in [-0.4, -0.2) is 72.1 Å². The van der Waals surface area contributed by atoms with Crippen molar-refractivity contribution in [3.63, 3.8) is 0 Å². The number of carbonyl (C=O) groups excluding carboxylic acids is 1. The summed E-state index contributed by atoms with van der Waals surface area (Å²) in [6.45, 7) is 6.33. The van der Waals surface area contributed by atoms with Crippen molar-refractivity contribution in [2.24, 2.45) is 7.05 Å². The number of hydrogen-bond donors (Lipinski definition) is 0. The Balaban J connectivity index is 1.52. The summed E-state index contributed by atoms with van der Waals surface area (Å²) in [5.41, 5.74) is 0.805. The third kappa shape index (κ3) is 2.95. The number of nitrogens with zero attached hydrogens (tertiary/aromatic N) is 3. The quantitative estimate of drug-likeness (QED) is 0.756. The van der Waals surface area contributed by atoms with Crippen molar-refractivity contribution in [2.45, 2.75) is 12.5 Å². The standard InChI is InChI=1S/C15H23N3O2/c1-16-5-2-3-14(16)15(19)12-17-6-4-13(11-17)18-7-9-20-10-8-18/h2-3,5,13H,4,6-12H2,1H3. The lowest BCUT2D eigenvalue weighted by Crippen LogP contribution is -2.45. The van der Waals surface area contributed by atoms with Gasteiger partial charge in [-0.1, -0.05) is 0 Å². The van der Waals surface area contributed by atoms with Gasteiger partial charge in [-0.2, -0.15) is 0 Å². The molecule has 110 valence electrons. The molecule has 2 fully saturated rings. The summed E-state index contributed by atoms with van der Waals surface area (Å²) in [6, 6.07) is 4.42. The molecule has 0 spiro atoms. The zero-order valence-electron chi connectivity index (χ0n) is 12.1. The van der Waals surface area contributed by atoms with Crippen LogP contribution in [0.25, 0.3) is 0 Å². The second kappa shape index (κ2) is 6.08. The lowest BCUT2D eigenvalue weighted by molar-refractivity contribution is 0.0185. The molecule has 1 aromatic heterocycles. The third-order valence-corrected chi connectivity index (χ3v) is 4.41. The van der Waals surface area contributed by atoms with Crippen molar-refractivity contribution in [2.75, 3.05) is 45.9 Å². The van der Waals surface area contributed by atoms with Crippen molar-refractivity contribution < 1.29 is 9.53 Å². The zero-order chi connectivity index (χ0) is 13.9. The summed E-state index contributed by atoms with van der Waals surface area (Å²) in [4.78, 5) is 17.1. The molecular weight excluding hydrogens is 254 g/mol. The van der Waals surface area contributed by atoms with Crippen LogP contribution < -0.4 is 0 Å². The average Bonchev–Trinajstić information content (AvgIpc) is 3.09. The van der Waals surface area contributed by atoms with Gasteiger partial charge in [0, 0.05) is 45.5 Å². The Hall–Kier alpha value is -1.17. The summed E-state index contributed by atoms with van der Waals surface area (Å²) in [6.07, 6.45) is 3.09. The SMILES string of the molecule is Cn1cccc1C(=O)CN1CCC(N2CCOCC2)C1. The summed E-state index contributed by atoms with van der Waals surface area (Å²) in [7, 11) is 1.92. The van der Waals surface area contributed by atoms with Crippen molar-refractivity contribution in [3.8, 4) is 0 Å². The average molecular weight is 277 g/mol. The number of rotatable bonds is 4. The smallest absolute Gasteiger partial charge is 0.193 e. The predicted octanol–water partition coefficient (Wildman–Crippen LogP) is 0.614. The minimum atomic E-state index is 0.222. The van der Waals surface area contributed by atoms with Crippen molar-refractivity contribution in [1.82, 2.24) is 14.4 Å². The van der Waals surface area contributed by atoms with Gasteiger partial charge < -0.3 is 9.30 Å². The second-order valence-electron chi connectivity index (χ2n) is 5.75. The highest BCUT2D eigenvalue weighted by molar-refractivity contribution is 5.96. The van der Waals surface area contributed by atoms with Crippen LogP contribution in [0.5, 0.6) is 0 Å². The van der Waals surface area contributed by atoms with E-state index in [0.717, 1.165) is 45.1 Å². The maximum atomic E-state index is 12.3. The number of Topliss-reactive ketones (excluding diaryl/α,β-unsaturated/α-hetero) is 1. The second-order valence-corrected chi connectivity index (χ2v) is 5.75. The van der Waals surface area contributed by atoms with E-state index in [-0.39, 0.29) is 5.78 Å². The predicted molar refractivity (Wildman–Crippen MR) is 77.0 cm³/mol. The van der Waals surface area contributed by atoms with Gasteiger partial charge in [0.1, 0.15) is 0 Å². The van der Waals surface area contributed by atoms with E-state index in [2.05, 4.69) is 9.80 Å². The van der Waals surface area contributed by atoms with Crippen molar-refractivity contribution in [3.05, 3.63) is 24.0 Å². The van der Waals surface area contributed by atoms with Gasteiger partial charge in [-0.3, -0.25) is 14.6 Å². The normalized spacial score (nSPS) is 25.1. The van der Waals surface area contributed by atoms with Crippen LogP contribution in [0, 0.1) is 0 Å². The fourth-order valence-corrected chi connectivity index (χ4v) is 3.23. The highest BCUT2D eigenvalue weighted by Gasteiger charge is 2.29. The molecule has 2 aliphatic rings. The molecule has 5 nitrogen and oxygen atoms in total. The molecule has 0 N–H and O–H groups in total. The Morgan fingerprint density at radius 3 is 2.85 bits per heavy atom. The summed E-state index contributed by atoms with van der Waals surface area (Å²) < 4.78 is 7.30. The molecule has 0 radical (unpaired) electrons. The number of ketones is 1. The number of carbonyl (C=O) groups is 1. The van der Waals surface area contributed by atoms with E-state index < -0.39 is 0 Å². The molecule has 3 heterocycles. The lowest BCUT2D eigenvalue weighted by atomic mass is 10.2. The molecule has 1 aromatic rings. The minimum Gasteiger partial charge on any atom is -0.379 e. The Morgan fingerprint density at radius 2 is 2.15 bits per heavy atom. The van der Waals surface area contributed by atoms with Crippen molar-refractivity contribution in [1.29, 1.82) is 0 Å². The molecule has 0 amide bonds. The van der Waals surface area contributed by atoms with Crippen molar-refractivity contribution >= 4 is 5.78 Å². The Morgan fingerprint density at radius 1 is 1.35 bits per heavy atom. The van der Waals surface area contributed by atoms with Gasteiger partial charge in [-0.25, -0.2) is 0 Å². The highest BCUT2D eigenvalue weighted by atomic mass is 16.5. The molecule has 1 unspecified atom stereocenters. The van der Waals surface area contributed by atoms with Gasteiger partial charge in [0.05, 0.1) is 25.5 Å².